The molecule has 0 saturated heterocycles. The number of aromatic amines is 1. The van der Waals surface area contributed by atoms with Crippen molar-refractivity contribution in [2.24, 2.45) is 5.73 Å². The highest BCUT2D eigenvalue weighted by atomic mass is 16.5. The Morgan fingerprint density at radius 1 is 1.64 bits per heavy atom. The second kappa shape index (κ2) is 3.79. The fourth-order valence-electron chi connectivity index (χ4n) is 1.66. The lowest BCUT2D eigenvalue weighted by Crippen LogP contribution is -2.20. The van der Waals surface area contributed by atoms with Gasteiger partial charge in [0.05, 0.1) is 0 Å². The highest BCUT2D eigenvalue weighted by molar-refractivity contribution is 5.87. The average molecular weight is 195 g/mol. The van der Waals surface area contributed by atoms with E-state index >= 15 is 0 Å². The number of aromatic nitrogens is 2. The van der Waals surface area contributed by atoms with E-state index in [2.05, 4.69) is 10.2 Å². The summed E-state index contributed by atoms with van der Waals surface area (Å²) in [5.74, 6) is -0.346. The van der Waals surface area contributed by atoms with Crippen molar-refractivity contribution in [3.05, 3.63) is 18.0 Å². The van der Waals surface area contributed by atoms with E-state index in [1.54, 1.807) is 6.07 Å². The zero-order valence-corrected chi connectivity index (χ0v) is 7.77. The maximum atomic E-state index is 11.4. The highest BCUT2D eigenvalue weighted by Gasteiger charge is 2.25. The third-order valence-corrected chi connectivity index (χ3v) is 2.42. The van der Waals surface area contributed by atoms with Gasteiger partial charge >= 0.3 is 5.97 Å². The molecule has 1 heterocycles. The topological polar surface area (TPSA) is 81.0 Å². The first kappa shape index (κ1) is 9.21. The molecule has 5 heteroatoms. The van der Waals surface area contributed by atoms with Crippen LogP contribution in [0.4, 0.5) is 0 Å². The second-order valence-corrected chi connectivity index (χ2v) is 3.57. The van der Waals surface area contributed by atoms with Crippen LogP contribution in [0.3, 0.4) is 0 Å². The standard InChI is InChI=1S/C9H13N3O2/c10-6-1-2-7(5-6)14-9(13)8-3-4-11-12-8/h3-4,6-7H,1-2,5,10H2,(H,11,12)/t6-,7-/m0/s1. The smallest absolute Gasteiger partial charge is 0.356 e. The van der Waals surface area contributed by atoms with Gasteiger partial charge in [0.1, 0.15) is 11.8 Å². The number of H-pyrrole nitrogens is 1. The summed E-state index contributed by atoms with van der Waals surface area (Å²) >= 11 is 0. The number of hydrogen-bond donors (Lipinski definition) is 2. The Morgan fingerprint density at radius 2 is 2.50 bits per heavy atom. The van der Waals surface area contributed by atoms with E-state index in [1.165, 1.54) is 6.20 Å². The molecule has 0 bridgehead atoms. The maximum absolute atomic E-state index is 11.4. The minimum Gasteiger partial charge on any atom is -0.458 e. The molecule has 1 aromatic rings. The predicted octanol–water partition coefficient (Wildman–Crippen LogP) is 0.446. The van der Waals surface area contributed by atoms with Gasteiger partial charge in [0.2, 0.25) is 0 Å². The first-order chi connectivity index (χ1) is 6.75. The molecule has 0 amide bonds. The van der Waals surface area contributed by atoms with Gasteiger partial charge in [-0.2, -0.15) is 5.10 Å². The van der Waals surface area contributed by atoms with Gasteiger partial charge < -0.3 is 10.5 Å². The molecule has 1 fully saturated rings. The number of esters is 1. The van der Waals surface area contributed by atoms with Crippen molar-refractivity contribution < 1.29 is 9.53 Å². The first-order valence-corrected chi connectivity index (χ1v) is 4.71. The first-order valence-electron chi connectivity index (χ1n) is 4.71. The quantitative estimate of drug-likeness (QED) is 0.671. The molecule has 0 unspecified atom stereocenters. The van der Waals surface area contributed by atoms with Crippen molar-refractivity contribution in [2.75, 3.05) is 0 Å². The second-order valence-electron chi connectivity index (χ2n) is 3.57. The minimum absolute atomic E-state index is 0.0270. The van der Waals surface area contributed by atoms with E-state index in [0.717, 1.165) is 19.3 Å². The lowest BCUT2D eigenvalue weighted by molar-refractivity contribution is 0.0308. The lowest BCUT2D eigenvalue weighted by atomic mass is 10.3. The predicted molar refractivity (Wildman–Crippen MR) is 49.6 cm³/mol. The van der Waals surface area contributed by atoms with E-state index in [0.29, 0.717) is 5.69 Å². The molecule has 1 aromatic heterocycles. The Balaban J connectivity index is 1.89. The molecule has 1 aliphatic rings. The third-order valence-electron chi connectivity index (χ3n) is 2.42. The third kappa shape index (κ3) is 1.93. The Labute approximate surface area is 81.6 Å². The zero-order valence-electron chi connectivity index (χ0n) is 7.77. The van der Waals surface area contributed by atoms with Crippen molar-refractivity contribution in [3.8, 4) is 0 Å². The molecular weight excluding hydrogens is 182 g/mol. The van der Waals surface area contributed by atoms with E-state index in [-0.39, 0.29) is 18.1 Å². The molecular formula is C9H13N3O2. The molecule has 0 aromatic carbocycles. The van der Waals surface area contributed by atoms with Crippen molar-refractivity contribution in [3.63, 3.8) is 0 Å². The number of rotatable bonds is 2. The summed E-state index contributed by atoms with van der Waals surface area (Å²) in [5.41, 5.74) is 6.10. The van der Waals surface area contributed by atoms with Crippen LogP contribution in [0.15, 0.2) is 12.3 Å². The van der Waals surface area contributed by atoms with Crippen LogP contribution in [0.25, 0.3) is 0 Å². The summed E-state index contributed by atoms with van der Waals surface area (Å²) in [6, 6.07) is 1.77. The van der Waals surface area contributed by atoms with Gasteiger partial charge in [-0.1, -0.05) is 0 Å². The van der Waals surface area contributed by atoms with Gasteiger partial charge in [-0.25, -0.2) is 4.79 Å². The Bertz CT molecular complexity index is 310. The number of nitrogens with two attached hydrogens (primary N) is 1. The molecule has 0 radical (unpaired) electrons. The van der Waals surface area contributed by atoms with Gasteiger partial charge in [0.15, 0.2) is 0 Å². The number of hydrogen-bond acceptors (Lipinski definition) is 4. The molecule has 0 aliphatic heterocycles. The monoisotopic (exact) mass is 195 g/mol. The van der Waals surface area contributed by atoms with Crippen LogP contribution in [-0.2, 0) is 4.74 Å². The molecule has 3 N–H and O–H groups in total. The molecule has 2 atom stereocenters. The summed E-state index contributed by atoms with van der Waals surface area (Å²) in [7, 11) is 0. The molecule has 14 heavy (non-hydrogen) atoms. The molecule has 76 valence electrons. The van der Waals surface area contributed by atoms with Gasteiger partial charge in [0, 0.05) is 12.2 Å². The van der Waals surface area contributed by atoms with E-state index < -0.39 is 0 Å². The molecule has 0 spiro atoms. The summed E-state index contributed by atoms with van der Waals surface area (Å²) in [5, 5.41) is 6.25. The van der Waals surface area contributed by atoms with Crippen LogP contribution in [0, 0.1) is 0 Å². The number of carbonyl (C=O) groups is 1. The van der Waals surface area contributed by atoms with Crippen LogP contribution in [-0.4, -0.2) is 28.3 Å². The highest BCUT2D eigenvalue weighted by Crippen LogP contribution is 2.21. The number of ether oxygens (including phenoxy) is 1. The van der Waals surface area contributed by atoms with Crippen molar-refractivity contribution >= 4 is 5.97 Å². The van der Waals surface area contributed by atoms with Gasteiger partial charge in [-0.05, 0) is 25.3 Å². The molecule has 1 aliphatic carbocycles. The van der Waals surface area contributed by atoms with Gasteiger partial charge in [-0.15, -0.1) is 0 Å². The SMILES string of the molecule is N[C@H]1CC[C@H](OC(=O)c2ccn[nH]2)C1. The number of nitrogens with one attached hydrogen (secondary N) is 1. The van der Waals surface area contributed by atoms with Crippen molar-refractivity contribution in [1.82, 2.24) is 10.2 Å². The average Bonchev–Trinajstić information content (AvgIpc) is 2.75. The van der Waals surface area contributed by atoms with E-state index in [9.17, 15) is 4.79 Å². The van der Waals surface area contributed by atoms with Gasteiger partial charge in [0.25, 0.3) is 0 Å². The Hall–Kier alpha value is -1.36. The normalized spacial score (nSPS) is 26.4. The van der Waals surface area contributed by atoms with Crippen molar-refractivity contribution in [2.45, 2.75) is 31.4 Å². The maximum Gasteiger partial charge on any atom is 0.356 e. The minimum atomic E-state index is -0.346. The van der Waals surface area contributed by atoms with Crippen molar-refractivity contribution in [1.29, 1.82) is 0 Å². The van der Waals surface area contributed by atoms with Crippen LogP contribution in [0.5, 0.6) is 0 Å². The summed E-state index contributed by atoms with van der Waals surface area (Å²) < 4.78 is 5.24. The van der Waals surface area contributed by atoms with Crippen LogP contribution >= 0.6 is 0 Å². The largest absolute Gasteiger partial charge is 0.458 e. The summed E-state index contributed by atoms with van der Waals surface area (Å²) in [4.78, 5) is 11.4. The summed E-state index contributed by atoms with van der Waals surface area (Å²) in [6.45, 7) is 0. The van der Waals surface area contributed by atoms with Crippen LogP contribution in [0.1, 0.15) is 29.8 Å². The molecule has 2 rings (SSSR count). The molecule has 1 saturated carbocycles. The Morgan fingerprint density at radius 3 is 3.07 bits per heavy atom. The fourth-order valence-corrected chi connectivity index (χ4v) is 1.66. The fraction of sp³-hybridized carbons (Fsp3) is 0.556. The number of carbonyl (C=O) groups excluding carboxylic acids is 1. The lowest BCUT2D eigenvalue weighted by Gasteiger charge is -2.10. The summed E-state index contributed by atoms with van der Waals surface area (Å²) in [6.07, 6.45) is 4.06. The number of nitrogens with zero attached hydrogens (tertiary/aromatic N) is 1. The van der Waals surface area contributed by atoms with Crippen LogP contribution in [0.2, 0.25) is 0 Å². The van der Waals surface area contributed by atoms with E-state index in [4.69, 9.17) is 10.5 Å². The molecule has 5 nitrogen and oxygen atoms in total. The van der Waals surface area contributed by atoms with Gasteiger partial charge in [-0.3, -0.25) is 5.10 Å². The van der Waals surface area contributed by atoms with Crippen LogP contribution < -0.4 is 5.73 Å². The Kier molecular flexibility index (Phi) is 2.49. The zero-order chi connectivity index (χ0) is 9.97. The van der Waals surface area contributed by atoms with E-state index in [1.807, 2.05) is 0 Å².